The summed E-state index contributed by atoms with van der Waals surface area (Å²) in [6.45, 7) is 2.38. The van der Waals surface area contributed by atoms with Crippen LogP contribution in [-0.4, -0.2) is 20.7 Å². The minimum Gasteiger partial charge on any atom is -0.345 e. The lowest BCUT2D eigenvalue weighted by atomic mass is 10.1. The SMILES string of the molecule is Cc1cccc(-n2nc(-c3ccccc3)cc2C(=O)NCc2ccccn2)c1. The molecule has 1 amide bonds. The standard InChI is InChI=1S/C23H20N4O/c1-17-8-7-12-20(14-17)27-22(15-21(26-27)18-9-3-2-4-10-18)23(28)25-16-19-11-5-6-13-24-19/h2-15H,16H2,1H3,(H,25,28). The molecule has 0 unspecified atom stereocenters. The van der Waals surface area contributed by atoms with E-state index >= 15 is 0 Å². The molecule has 0 saturated heterocycles. The molecule has 0 aliphatic carbocycles. The minimum absolute atomic E-state index is 0.193. The van der Waals surface area contributed by atoms with Crippen LogP contribution in [0.4, 0.5) is 0 Å². The fraction of sp³-hybridized carbons (Fsp3) is 0.0870. The summed E-state index contributed by atoms with van der Waals surface area (Å²) in [6.07, 6.45) is 1.71. The van der Waals surface area contributed by atoms with Gasteiger partial charge in [0.25, 0.3) is 5.91 Å². The molecule has 2 aromatic carbocycles. The first-order valence-corrected chi connectivity index (χ1v) is 9.11. The molecule has 0 radical (unpaired) electrons. The van der Waals surface area contributed by atoms with Crippen molar-refractivity contribution in [3.8, 4) is 16.9 Å². The Morgan fingerprint density at radius 1 is 0.964 bits per heavy atom. The zero-order valence-corrected chi connectivity index (χ0v) is 15.5. The monoisotopic (exact) mass is 368 g/mol. The molecule has 0 aliphatic rings. The third kappa shape index (κ3) is 3.83. The van der Waals surface area contributed by atoms with Gasteiger partial charge in [0, 0.05) is 11.8 Å². The number of pyridine rings is 1. The van der Waals surface area contributed by atoms with Gasteiger partial charge in [0.2, 0.25) is 0 Å². The van der Waals surface area contributed by atoms with Gasteiger partial charge in [-0.3, -0.25) is 9.78 Å². The number of carbonyl (C=O) groups is 1. The molecule has 2 aromatic heterocycles. The average molecular weight is 368 g/mol. The Morgan fingerprint density at radius 2 is 1.79 bits per heavy atom. The van der Waals surface area contributed by atoms with Crippen LogP contribution in [-0.2, 0) is 6.54 Å². The van der Waals surface area contributed by atoms with Crippen LogP contribution in [0.5, 0.6) is 0 Å². The molecule has 4 rings (SSSR count). The molecule has 4 aromatic rings. The predicted molar refractivity (Wildman–Crippen MR) is 109 cm³/mol. The van der Waals surface area contributed by atoms with Gasteiger partial charge in [-0.25, -0.2) is 4.68 Å². The summed E-state index contributed by atoms with van der Waals surface area (Å²) < 4.78 is 1.70. The smallest absolute Gasteiger partial charge is 0.270 e. The normalized spacial score (nSPS) is 10.6. The Bertz CT molecular complexity index is 1090. The Labute approximate surface area is 163 Å². The predicted octanol–water partition coefficient (Wildman–Crippen LogP) is 4.17. The molecule has 0 atom stereocenters. The van der Waals surface area contributed by atoms with Crippen molar-refractivity contribution in [1.82, 2.24) is 20.1 Å². The van der Waals surface area contributed by atoms with Crippen molar-refractivity contribution in [2.24, 2.45) is 0 Å². The van der Waals surface area contributed by atoms with Crippen LogP contribution in [0.2, 0.25) is 0 Å². The summed E-state index contributed by atoms with van der Waals surface area (Å²) in [6, 6.07) is 25.3. The summed E-state index contributed by atoms with van der Waals surface area (Å²) in [5.74, 6) is -0.193. The van der Waals surface area contributed by atoms with Crippen molar-refractivity contribution in [2.75, 3.05) is 0 Å². The molecule has 0 spiro atoms. The molecule has 5 heteroatoms. The number of aryl methyl sites for hydroxylation is 1. The maximum Gasteiger partial charge on any atom is 0.270 e. The van der Waals surface area contributed by atoms with E-state index in [0.717, 1.165) is 28.2 Å². The van der Waals surface area contributed by atoms with E-state index in [1.54, 1.807) is 10.9 Å². The zero-order chi connectivity index (χ0) is 19.3. The maximum atomic E-state index is 12.9. The lowest BCUT2D eigenvalue weighted by molar-refractivity contribution is 0.0942. The van der Waals surface area contributed by atoms with Crippen LogP contribution >= 0.6 is 0 Å². The van der Waals surface area contributed by atoms with Gasteiger partial charge in [-0.05, 0) is 42.8 Å². The van der Waals surface area contributed by atoms with Crippen molar-refractivity contribution in [3.63, 3.8) is 0 Å². The van der Waals surface area contributed by atoms with Crippen LogP contribution in [0.15, 0.2) is 85.1 Å². The Kier molecular flexibility index (Phi) is 4.97. The minimum atomic E-state index is -0.193. The van der Waals surface area contributed by atoms with Crippen LogP contribution in [0.25, 0.3) is 16.9 Å². The summed E-state index contributed by atoms with van der Waals surface area (Å²) in [7, 11) is 0. The van der Waals surface area contributed by atoms with Crippen LogP contribution in [0, 0.1) is 6.92 Å². The molecule has 5 nitrogen and oxygen atoms in total. The summed E-state index contributed by atoms with van der Waals surface area (Å²) >= 11 is 0. The van der Waals surface area contributed by atoms with Crippen molar-refractivity contribution < 1.29 is 4.79 Å². The molecule has 2 heterocycles. The molecular weight excluding hydrogens is 348 g/mol. The van der Waals surface area contributed by atoms with Crippen LogP contribution in [0.3, 0.4) is 0 Å². The first-order chi connectivity index (χ1) is 13.7. The first kappa shape index (κ1) is 17.7. The highest BCUT2D eigenvalue weighted by atomic mass is 16.2. The highest BCUT2D eigenvalue weighted by Crippen LogP contribution is 2.22. The second-order valence-electron chi connectivity index (χ2n) is 6.54. The number of hydrogen-bond donors (Lipinski definition) is 1. The fourth-order valence-corrected chi connectivity index (χ4v) is 3.01. The van der Waals surface area contributed by atoms with Gasteiger partial charge in [0.05, 0.1) is 23.6 Å². The number of aromatic nitrogens is 3. The fourth-order valence-electron chi connectivity index (χ4n) is 3.01. The number of nitrogens with zero attached hydrogens (tertiary/aromatic N) is 3. The Hall–Kier alpha value is -3.73. The third-order valence-corrected chi connectivity index (χ3v) is 4.41. The summed E-state index contributed by atoms with van der Waals surface area (Å²) in [4.78, 5) is 17.2. The summed E-state index contributed by atoms with van der Waals surface area (Å²) in [5, 5.41) is 7.65. The lowest BCUT2D eigenvalue weighted by Gasteiger charge is -2.09. The average Bonchev–Trinajstić information content (AvgIpc) is 3.19. The lowest BCUT2D eigenvalue weighted by Crippen LogP contribution is -2.25. The number of rotatable bonds is 5. The van der Waals surface area contributed by atoms with Gasteiger partial charge in [-0.2, -0.15) is 5.10 Å². The van der Waals surface area contributed by atoms with Gasteiger partial charge in [-0.15, -0.1) is 0 Å². The molecule has 0 fully saturated rings. The van der Waals surface area contributed by atoms with E-state index in [1.807, 2.05) is 85.8 Å². The quantitative estimate of drug-likeness (QED) is 0.575. The highest BCUT2D eigenvalue weighted by Gasteiger charge is 2.17. The van der Waals surface area contributed by atoms with Crippen molar-refractivity contribution >= 4 is 5.91 Å². The van der Waals surface area contributed by atoms with E-state index in [1.165, 1.54) is 0 Å². The van der Waals surface area contributed by atoms with E-state index in [2.05, 4.69) is 10.3 Å². The van der Waals surface area contributed by atoms with Crippen LogP contribution in [0.1, 0.15) is 21.7 Å². The molecule has 28 heavy (non-hydrogen) atoms. The van der Waals surface area contributed by atoms with E-state index in [9.17, 15) is 4.79 Å². The Balaban J connectivity index is 1.70. The maximum absolute atomic E-state index is 12.9. The van der Waals surface area contributed by atoms with Crippen molar-refractivity contribution in [1.29, 1.82) is 0 Å². The van der Waals surface area contributed by atoms with E-state index in [0.29, 0.717) is 12.2 Å². The van der Waals surface area contributed by atoms with Crippen molar-refractivity contribution in [3.05, 3.63) is 102 Å². The van der Waals surface area contributed by atoms with Gasteiger partial charge in [0.15, 0.2) is 0 Å². The number of carbonyl (C=O) groups excluding carboxylic acids is 1. The van der Waals surface area contributed by atoms with E-state index in [4.69, 9.17) is 5.10 Å². The van der Waals surface area contributed by atoms with Crippen LogP contribution < -0.4 is 5.32 Å². The molecule has 0 bridgehead atoms. The summed E-state index contributed by atoms with van der Waals surface area (Å²) in [5.41, 5.74) is 4.97. The van der Waals surface area contributed by atoms with E-state index < -0.39 is 0 Å². The number of benzene rings is 2. The molecule has 1 N–H and O–H groups in total. The third-order valence-electron chi connectivity index (χ3n) is 4.41. The number of nitrogens with one attached hydrogen (secondary N) is 1. The molecule has 138 valence electrons. The zero-order valence-electron chi connectivity index (χ0n) is 15.5. The van der Waals surface area contributed by atoms with E-state index in [-0.39, 0.29) is 5.91 Å². The molecular formula is C23H20N4O. The highest BCUT2D eigenvalue weighted by molar-refractivity contribution is 5.94. The first-order valence-electron chi connectivity index (χ1n) is 9.11. The number of amides is 1. The van der Waals surface area contributed by atoms with Gasteiger partial charge >= 0.3 is 0 Å². The number of hydrogen-bond acceptors (Lipinski definition) is 3. The Morgan fingerprint density at radius 3 is 2.54 bits per heavy atom. The molecule has 0 saturated carbocycles. The topological polar surface area (TPSA) is 59.8 Å². The van der Waals surface area contributed by atoms with Gasteiger partial charge in [-0.1, -0.05) is 48.5 Å². The molecule has 0 aliphatic heterocycles. The largest absolute Gasteiger partial charge is 0.345 e. The second-order valence-corrected chi connectivity index (χ2v) is 6.54. The van der Waals surface area contributed by atoms with Gasteiger partial charge in [0.1, 0.15) is 5.69 Å². The van der Waals surface area contributed by atoms with Gasteiger partial charge < -0.3 is 5.32 Å². The second kappa shape index (κ2) is 7.88. The van der Waals surface area contributed by atoms with Crippen molar-refractivity contribution in [2.45, 2.75) is 13.5 Å².